The Bertz CT molecular complexity index is 1060. The van der Waals surface area contributed by atoms with E-state index in [0.717, 1.165) is 31.4 Å². The lowest BCUT2D eigenvalue weighted by Gasteiger charge is -2.28. The summed E-state index contributed by atoms with van der Waals surface area (Å²) in [7, 11) is 1.75. The second-order valence-electron chi connectivity index (χ2n) is 10.7. The maximum absolute atomic E-state index is 15.3. The Morgan fingerprint density at radius 3 is 2.35 bits per heavy atom. The van der Waals surface area contributed by atoms with E-state index < -0.39 is 5.60 Å². The van der Waals surface area contributed by atoms with Gasteiger partial charge in [-0.15, -0.1) is 0 Å². The van der Waals surface area contributed by atoms with Gasteiger partial charge in [-0.25, -0.2) is 9.18 Å². The second kappa shape index (κ2) is 12.4. The smallest absolute Gasteiger partial charge is 0.410 e. The van der Waals surface area contributed by atoms with E-state index in [9.17, 15) is 9.59 Å². The van der Waals surface area contributed by atoms with Crippen molar-refractivity contribution in [2.45, 2.75) is 84.3 Å². The summed E-state index contributed by atoms with van der Waals surface area (Å²) in [5.41, 5.74) is 1.12. The Kier molecular flexibility index (Phi) is 9.57. The van der Waals surface area contributed by atoms with Crippen molar-refractivity contribution in [3.05, 3.63) is 59.4 Å². The van der Waals surface area contributed by atoms with Crippen molar-refractivity contribution in [2.24, 2.45) is 0 Å². The van der Waals surface area contributed by atoms with E-state index in [1.165, 1.54) is 6.07 Å². The van der Waals surface area contributed by atoms with Crippen LogP contribution in [0.1, 0.15) is 88.6 Å². The quantitative estimate of drug-likeness (QED) is 0.334. The van der Waals surface area contributed by atoms with Crippen LogP contribution in [-0.2, 0) is 4.74 Å². The number of unbranched alkanes of at least 4 members (excludes halogenated alkanes) is 1. The number of rotatable bonds is 9. The summed E-state index contributed by atoms with van der Waals surface area (Å²) in [5.74, 6) is 0.231. The predicted octanol–water partition coefficient (Wildman–Crippen LogP) is 7.17. The average molecular weight is 513 g/mol. The number of ether oxygens (including phenoxy) is 2. The highest BCUT2D eigenvalue weighted by molar-refractivity contribution is 6.06. The summed E-state index contributed by atoms with van der Waals surface area (Å²) in [4.78, 5) is 28.9. The van der Waals surface area contributed by atoms with E-state index in [1.54, 1.807) is 47.2 Å². The Hall–Kier alpha value is -3.09. The molecule has 2 aromatic rings. The van der Waals surface area contributed by atoms with E-state index >= 15 is 4.39 Å². The minimum Gasteiger partial charge on any atom is -0.494 e. The first-order valence-corrected chi connectivity index (χ1v) is 13.3. The van der Waals surface area contributed by atoms with Crippen LogP contribution in [0.5, 0.6) is 5.75 Å². The fourth-order valence-electron chi connectivity index (χ4n) is 4.72. The lowest BCUT2D eigenvalue weighted by Crippen LogP contribution is -2.39. The fourth-order valence-corrected chi connectivity index (χ4v) is 4.72. The molecule has 0 N–H and O–H groups in total. The number of hydrogen-bond acceptors (Lipinski definition) is 4. The highest BCUT2D eigenvalue weighted by Gasteiger charge is 2.34. The molecule has 2 aromatic carbocycles. The highest BCUT2D eigenvalue weighted by atomic mass is 19.1. The molecule has 1 saturated carbocycles. The molecule has 0 heterocycles. The molecule has 2 unspecified atom stereocenters. The predicted molar refractivity (Wildman–Crippen MR) is 145 cm³/mol. The van der Waals surface area contributed by atoms with Gasteiger partial charge in [0, 0.05) is 30.9 Å². The molecule has 1 aliphatic rings. The fraction of sp³-hybridized carbons (Fsp3) is 0.533. The van der Waals surface area contributed by atoms with E-state index in [0.29, 0.717) is 36.4 Å². The van der Waals surface area contributed by atoms with Crippen LogP contribution in [0.3, 0.4) is 0 Å². The summed E-state index contributed by atoms with van der Waals surface area (Å²) in [6, 6.07) is 12.1. The summed E-state index contributed by atoms with van der Waals surface area (Å²) in [6.45, 7) is 10.6. The number of carbonyl (C=O) groups is 2. The van der Waals surface area contributed by atoms with Gasteiger partial charge in [-0.1, -0.05) is 19.4 Å². The maximum Gasteiger partial charge on any atom is 0.410 e. The van der Waals surface area contributed by atoms with Crippen molar-refractivity contribution in [2.75, 3.05) is 25.1 Å². The van der Waals surface area contributed by atoms with Gasteiger partial charge in [-0.05, 0) is 101 Å². The van der Waals surface area contributed by atoms with Crippen LogP contribution < -0.4 is 9.64 Å². The molecule has 37 heavy (non-hydrogen) atoms. The second-order valence-corrected chi connectivity index (χ2v) is 10.7. The van der Waals surface area contributed by atoms with Gasteiger partial charge < -0.3 is 19.3 Å². The van der Waals surface area contributed by atoms with E-state index in [-0.39, 0.29) is 29.8 Å². The zero-order valence-electron chi connectivity index (χ0n) is 23.1. The lowest BCUT2D eigenvalue weighted by atomic mass is 9.96. The summed E-state index contributed by atoms with van der Waals surface area (Å²) in [5, 5.41) is 0. The van der Waals surface area contributed by atoms with Gasteiger partial charge in [0.25, 0.3) is 5.91 Å². The number of nitrogens with zero attached hydrogens (tertiary/aromatic N) is 2. The van der Waals surface area contributed by atoms with Crippen molar-refractivity contribution in [1.82, 2.24) is 4.90 Å². The van der Waals surface area contributed by atoms with Gasteiger partial charge in [-0.2, -0.15) is 0 Å². The van der Waals surface area contributed by atoms with Crippen LogP contribution in [0.2, 0.25) is 0 Å². The zero-order valence-corrected chi connectivity index (χ0v) is 23.1. The first-order chi connectivity index (χ1) is 17.5. The molecule has 7 heteroatoms. The van der Waals surface area contributed by atoms with Crippen LogP contribution in [0.25, 0.3) is 0 Å². The Morgan fingerprint density at radius 1 is 1.05 bits per heavy atom. The molecular weight excluding hydrogens is 471 g/mol. The topological polar surface area (TPSA) is 59.1 Å². The van der Waals surface area contributed by atoms with Crippen molar-refractivity contribution in [3.63, 3.8) is 0 Å². The molecule has 0 bridgehead atoms. The largest absolute Gasteiger partial charge is 0.494 e. The lowest BCUT2D eigenvalue weighted by molar-refractivity contribution is 0.0225. The molecule has 1 fully saturated rings. The number of benzene rings is 2. The maximum atomic E-state index is 15.3. The number of amides is 2. The molecule has 0 aromatic heterocycles. The van der Waals surface area contributed by atoms with Crippen molar-refractivity contribution < 1.29 is 23.5 Å². The van der Waals surface area contributed by atoms with Crippen LogP contribution >= 0.6 is 0 Å². The Morgan fingerprint density at radius 2 is 1.76 bits per heavy atom. The van der Waals surface area contributed by atoms with Gasteiger partial charge in [-0.3, -0.25) is 4.79 Å². The van der Waals surface area contributed by atoms with Gasteiger partial charge >= 0.3 is 6.09 Å². The number of halogens is 1. The summed E-state index contributed by atoms with van der Waals surface area (Å²) in [6.07, 6.45) is 3.94. The molecule has 202 valence electrons. The van der Waals surface area contributed by atoms with Crippen LogP contribution in [-0.4, -0.2) is 48.7 Å². The minimum atomic E-state index is -0.557. The number of anilines is 1. The Labute approximate surface area is 220 Å². The molecule has 0 aliphatic heterocycles. The number of hydrogen-bond donors (Lipinski definition) is 0. The standard InChI is InChI=1S/C30H41FN2O4/c1-7-9-18-36-25-15-11-21(12-16-25)28(34)33(8-2)24-14-17-26(27(31)20-24)22-10-13-23(19-22)32(6)29(35)37-30(3,4)5/h11-12,14-17,20,22-23H,7-10,13,18-19H2,1-6H3. The number of carbonyl (C=O) groups excluding carboxylic acids is 2. The molecule has 0 saturated heterocycles. The molecule has 0 radical (unpaired) electrons. The van der Waals surface area contributed by atoms with Crippen molar-refractivity contribution in [3.8, 4) is 5.75 Å². The van der Waals surface area contributed by atoms with Crippen molar-refractivity contribution in [1.29, 1.82) is 0 Å². The SMILES string of the molecule is CCCCOc1ccc(C(=O)N(CC)c2ccc(C3CCC(N(C)C(=O)OC(C)(C)C)C3)c(F)c2)cc1. The Balaban J connectivity index is 1.67. The highest BCUT2D eigenvalue weighted by Crippen LogP contribution is 2.39. The normalized spacial score (nSPS) is 17.4. The van der Waals surface area contributed by atoms with E-state index in [1.807, 2.05) is 33.8 Å². The summed E-state index contributed by atoms with van der Waals surface area (Å²) >= 11 is 0. The third-order valence-electron chi connectivity index (χ3n) is 6.80. The van der Waals surface area contributed by atoms with Gasteiger partial charge in [0.1, 0.15) is 17.2 Å². The van der Waals surface area contributed by atoms with Gasteiger partial charge in [0.05, 0.1) is 6.61 Å². The third-order valence-corrected chi connectivity index (χ3v) is 6.80. The van der Waals surface area contributed by atoms with E-state index in [4.69, 9.17) is 9.47 Å². The molecule has 6 nitrogen and oxygen atoms in total. The van der Waals surface area contributed by atoms with Gasteiger partial charge in [0.15, 0.2) is 0 Å². The zero-order chi connectivity index (χ0) is 27.2. The van der Waals surface area contributed by atoms with Crippen LogP contribution in [0.15, 0.2) is 42.5 Å². The minimum absolute atomic E-state index is 0.00145. The molecule has 3 rings (SSSR count). The van der Waals surface area contributed by atoms with Crippen LogP contribution in [0, 0.1) is 5.82 Å². The monoisotopic (exact) mass is 512 g/mol. The first-order valence-electron chi connectivity index (χ1n) is 13.3. The average Bonchev–Trinajstić information content (AvgIpc) is 3.33. The van der Waals surface area contributed by atoms with Crippen LogP contribution in [0.4, 0.5) is 14.9 Å². The molecule has 2 atom stereocenters. The van der Waals surface area contributed by atoms with Crippen molar-refractivity contribution >= 4 is 17.7 Å². The van der Waals surface area contributed by atoms with Gasteiger partial charge in [0.2, 0.25) is 0 Å². The molecule has 0 spiro atoms. The molecular formula is C30H41FN2O4. The van der Waals surface area contributed by atoms with E-state index in [2.05, 4.69) is 6.92 Å². The molecule has 1 aliphatic carbocycles. The third kappa shape index (κ3) is 7.46. The molecule has 2 amide bonds. The first kappa shape index (κ1) is 28.5. The summed E-state index contributed by atoms with van der Waals surface area (Å²) < 4.78 is 26.5.